The number of aliphatic hydroxyl groups is 1. The Morgan fingerprint density at radius 3 is 2.14 bits per heavy atom. The number of hydrogen-bond acceptors (Lipinski definition) is 5. The standard InChI is InChI=1S/C17H9F6N3O2/c18-16(19,20)12-5-6-25-14(11(12)8-24)10-3-1-9(2-4-10)13-7-15(27,28-26-13)17(21,22)23/h1-6,27H,7H2. The van der Waals surface area contributed by atoms with Crippen molar-refractivity contribution in [1.29, 1.82) is 5.26 Å². The SMILES string of the molecule is N#Cc1c(C(F)(F)F)ccnc1-c1ccc(C2=NOC(O)(C(F)(F)F)C2)cc1. The molecular weight excluding hydrogens is 392 g/mol. The van der Waals surface area contributed by atoms with Gasteiger partial charge in [0.05, 0.1) is 29.0 Å². The molecule has 0 aliphatic carbocycles. The van der Waals surface area contributed by atoms with Gasteiger partial charge in [-0.2, -0.15) is 31.6 Å². The zero-order chi connectivity index (χ0) is 20.7. The summed E-state index contributed by atoms with van der Waals surface area (Å²) in [7, 11) is 0. The maximum absolute atomic E-state index is 13.0. The molecule has 1 atom stereocenters. The number of oxime groups is 1. The Kier molecular flexibility index (Phi) is 4.55. The topological polar surface area (TPSA) is 78.5 Å². The van der Waals surface area contributed by atoms with Gasteiger partial charge in [-0.25, -0.2) is 0 Å². The molecule has 1 aliphatic heterocycles. The molecule has 0 radical (unpaired) electrons. The Labute approximate surface area is 153 Å². The third-order valence-electron chi connectivity index (χ3n) is 4.02. The summed E-state index contributed by atoms with van der Waals surface area (Å²) in [6.07, 6.45) is -9.84. The molecule has 0 spiro atoms. The van der Waals surface area contributed by atoms with E-state index >= 15 is 0 Å². The molecule has 0 fully saturated rings. The van der Waals surface area contributed by atoms with Crippen molar-refractivity contribution in [3.8, 4) is 17.3 Å². The van der Waals surface area contributed by atoms with Crippen LogP contribution < -0.4 is 0 Å². The molecule has 2 aromatic rings. The highest BCUT2D eigenvalue weighted by Gasteiger charge is 2.60. The number of alkyl halides is 6. The number of nitriles is 1. The van der Waals surface area contributed by atoms with E-state index in [1.807, 2.05) is 0 Å². The van der Waals surface area contributed by atoms with Gasteiger partial charge < -0.3 is 9.94 Å². The van der Waals surface area contributed by atoms with E-state index in [-0.39, 0.29) is 22.5 Å². The fraction of sp³-hybridized carbons (Fsp3) is 0.235. The number of nitrogens with zero attached hydrogens (tertiary/aromatic N) is 3. The van der Waals surface area contributed by atoms with Crippen LogP contribution in [0, 0.1) is 11.3 Å². The van der Waals surface area contributed by atoms with E-state index < -0.39 is 35.7 Å². The normalized spacial score (nSPS) is 19.7. The van der Waals surface area contributed by atoms with Crippen LogP contribution in [0.2, 0.25) is 0 Å². The van der Waals surface area contributed by atoms with Crippen molar-refractivity contribution in [1.82, 2.24) is 4.98 Å². The van der Waals surface area contributed by atoms with Crippen molar-refractivity contribution >= 4 is 5.71 Å². The van der Waals surface area contributed by atoms with Crippen molar-refractivity contribution in [2.24, 2.45) is 5.16 Å². The van der Waals surface area contributed by atoms with E-state index in [4.69, 9.17) is 5.26 Å². The summed E-state index contributed by atoms with van der Waals surface area (Å²) >= 11 is 0. The van der Waals surface area contributed by atoms with Crippen molar-refractivity contribution < 1.29 is 36.3 Å². The zero-order valence-electron chi connectivity index (χ0n) is 13.6. The maximum Gasteiger partial charge on any atom is 0.458 e. The molecule has 11 heteroatoms. The highest BCUT2D eigenvalue weighted by Crippen LogP contribution is 2.39. The van der Waals surface area contributed by atoms with E-state index in [1.165, 1.54) is 30.3 Å². The second-order valence-electron chi connectivity index (χ2n) is 5.86. The number of pyridine rings is 1. The monoisotopic (exact) mass is 401 g/mol. The van der Waals surface area contributed by atoms with Gasteiger partial charge in [-0.1, -0.05) is 29.4 Å². The lowest BCUT2D eigenvalue weighted by molar-refractivity contribution is -0.355. The minimum atomic E-state index is -5.05. The van der Waals surface area contributed by atoms with Crippen LogP contribution in [0.1, 0.15) is 23.1 Å². The van der Waals surface area contributed by atoms with Gasteiger partial charge in [-0.15, -0.1) is 0 Å². The molecule has 0 saturated heterocycles. The van der Waals surface area contributed by atoms with E-state index in [0.29, 0.717) is 6.07 Å². The number of hydrogen-bond donors (Lipinski definition) is 1. The van der Waals surface area contributed by atoms with E-state index in [2.05, 4.69) is 15.0 Å². The van der Waals surface area contributed by atoms with Gasteiger partial charge in [-0.05, 0) is 11.6 Å². The molecule has 146 valence electrons. The minimum Gasteiger partial charge on any atom is -0.350 e. The molecule has 3 rings (SSSR count). The first-order valence-corrected chi connectivity index (χ1v) is 7.57. The van der Waals surface area contributed by atoms with Crippen molar-refractivity contribution in [2.75, 3.05) is 0 Å². The second-order valence-corrected chi connectivity index (χ2v) is 5.86. The molecule has 28 heavy (non-hydrogen) atoms. The van der Waals surface area contributed by atoms with Crippen LogP contribution in [0.5, 0.6) is 0 Å². The van der Waals surface area contributed by atoms with Gasteiger partial charge >= 0.3 is 18.1 Å². The molecule has 1 unspecified atom stereocenters. The highest BCUT2D eigenvalue weighted by atomic mass is 19.4. The third-order valence-corrected chi connectivity index (χ3v) is 4.02. The average molecular weight is 401 g/mol. The first-order chi connectivity index (χ1) is 13.0. The Hall–Kier alpha value is -3.13. The van der Waals surface area contributed by atoms with Crippen LogP contribution in [-0.4, -0.2) is 27.8 Å². The maximum atomic E-state index is 13.0. The molecule has 1 aromatic heterocycles. The molecule has 1 aromatic carbocycles. The molecular formula is C17H9F6N3O2. The molecule has 1 aliphatic rings. The summed E-state index contributed by atoms with van der Waals surface area (Å²) in [5.41, 5.74) is -1.92. The van der Waals surface area contributed by atoms with Gasteiger partial charge in [0.2, 0.25) is 0 Å². The van der Waals surface area contributed by atoms with Crippen LogP contribution in [-0.2, 0) is 11.0 Å². The Morgan fingerprint density at radius 2 is 1.64 bits per heavy atom. The predicted octanol–water partition coefficient (Wildman–Crippen LogP) is 4.01. The van der Waals surface area contributed by atoms with E-state index in [9.17, 15) is 31.4 Å². The van der Waals surface area contributed by atoms with Crippen LogP contribution in [0.4, 0.5) is 26.3 Å². The number of benzene rings is 1. The predicted molar refractivity (Wildman–Crippen MR) is 82.6 cm³/mol. The summed E-state index contributed by atoms with van der Waals surface area (Å²) in [5.74, 6) is -3.43. The zero-order valence-corrected chi connectivity index (χ0v) is 13.6. The Bertz CT molecular complexity index is 976. The lowest BCUT2D eigenvalue weighted by Gasteiger charge is -2.22. The summed E-state index contributed by atoms with van der Waals surface area (Å²) in [6.45, 7) is 0. The smallest absolute Gasteiger partial charge is 0.350 e. The molecule has 0 saturated carbocycles. The largest absolute Gasteiger partial charge is 0.458 e. The van der Waals surface area contributed by atoms with Crippen molar-refractivity contribution in [3.63, 3.8) is 0 Å². The van der Waals surface area contributed by atoms with E-state index in [0.717, 1.165) is 6.20 Å². The first-order valence-electron chi connectivity index (χ1n) is 7.57. The second kappa shape index (κ2) is 6.49. The van der Waals surface area contributed by atoms with Gasteiger partial charge in [0.1, 0.15) is 6.07 Å². The Morgan fingerprint density at radius 1 is 1.04 bits per heavy atom. The molecule has 1 N–H and O–H groups in total. The van der Waals surface area contributed by atoms with Gasteiger partial charge in [0.25, 0.3) is 0 Å². The summed E-state index contributed by atoms with van der Waals surface area (Å²) in [6, 6.07) is 7.29. The van der Waals surface area contributed by atoms with Crippen molar-refractivity contribution in [3.05, 3.63) is 53.2 Å². The summed E-state index contributed by atoms with van der Waals surface area (Å²) in [5, 5.41) is 21.8. The minimum absolute atomic E-state index is 0.150. The van der Waals surface area contributed by atoms with Crippen LogP contribution in [0.3, 0.4) is 0 Å². The fourth-order valence-electron chi connectivity index (χ4n) is 2.58. The lowest BCUT2D eigenvalue weighted by atomic mass is 9.98. The Balaban J connectivity index is 1.93. The fourth-order valence-corrected chi connectivity index (χ4v) is 2.58. The number of halogens is 6. The highest BCUT2D eigenvalue weighted by molar-refractivity contribution is 6.01. The van der Waals surface area contributed by atoms with Gasteiger partial charge in [0.15, 0.2) is 0 Å². The van der Waals surface area contributed by atoms with Gasteiger partial charge in [0, 0.05) is 11.8 Å². The number of aromatic nitrogens is 1. The molecule has 5 nitrogen and oxygen atoms in total. The van der Waals surface area contributed by atoms with Crippen molar-refractivity contribution in [2.45, 2.75) is 24.6 Å². The quantitative estimate of drug-likeness (QED) is 0.772. The molecule has 2 heterocycles. The summed E-state index contributed by atoms with van der Waals surface area (Å²) < 4.78 is 77.4. The average Bonchev–Trinajstić information content (AvgIpc) is 3.04. The third kappa shape index (κ3) is 3.38. The molecule has 0 amide bonds. The van der Waals surface area contributed by atoms with Crippen LogP contribution in [0.15, 0.2) is 41.7 Å². The van der Waals surface area contributed by atoms with Gasteiger partial charge in [-0.3, -0.25) is 4.98 Å². The lowest BCUT2D eigenvalue weighted by Crippen LogP contribution is -2.45. The number of rotatable bonds is 2. The van der Waals surface area contributed by atoms with E-state index in [1.54, 1.807) is 0 Å². The molecule has 0 bridgehead atoms. The summed E-state index contributed by atoms with van der Waals surface area (Å²) in [4.78, 5) is 7.92. The first kappa shape index (κ1) is 19.6. The van der Waals surface area contributed by atoms with Crippen LogP contribution >= 0.6 is 0 Å². The van der Waals surface area contributed by atoms with Crippen LogP contribution in [0.25, 0.3) is 11.3 Å².